The Labute approximate surface area is 169 Å². The summed E-state index contributed by atoms with van der Waals surface area (Å²) in [6, 6.07) is 8.76. The highest BCUT2D eigenvalue weighted by Crippen LogP contribution is 2.65. The van der Waals surface area contributed by atoms with Crippen molar-refractivity contribution in [1.82, 2.24) is 10.6 Å². The zero-order chi connectivity index (χ0) is 19.9. The van der Waals surface area contributed by atoms with Crippen molar-refractivity contribution in [3.63, 3.8) is 0 Å². The van der Waals surface area contributed by atoms with Crippen LogP contribution in [0.3, 0.4) is 0 Å². The molecule has 2 amide bonds. The van der Waals surface area contributed by atoms with E-state index in [0.717, 1.165) is 44.2 Å². The molecule has 2 N–H and O–H groups in total. The van der Waals surface area contributed by atoms with Gasteiger partial charge in [-0.3, -0.25) is 0 Å². The first-order chi connectivity index (χ1) is 13.3. The summed E-state index contributed by atoms with van der Waals surface area (Å²) in [5.41, 5.74) is 2.87. The second kappa shape index (κ2) is 7.25. The van der Waals surface area contributed by atoms with Gasteiger partial charge in [0.15, 0.2) is 0 Å². The van der Waals surface area contributed by atoms with Gasteiger partial charge in [-0.25, -0.2) is 4.79 Å². The summed E-state index contributed by atoms with van der Waals surface area (Å²) in [5, 5.41) is 6.44. The molecule has 3 fully saturated rings. The van der Waals surface area contributed by atoms with E-state index in [0.29, 0.717) is 5.41 Å². The van der Waals surface area contributed by atoms with Crippen molar-refractivity contribution in [3.05, 3.63) is 29.8 Å². The van der Waals surface area contributed by atoms with Gasteiger partial charge in [-0.05, 0) is 60.6 Å². The second-order valence-electron chi connectivity index (χ2n) is 9.69. The maximum atomic E-state index is 12.7. The lowest BCUT2D eigenvalue weighted by atomic mass is 9.69. The van der Waals surface area contributed by atoms with Gasteiger partial charge in [-0.2, -0.15) is 0 Å². The molecule has 5 nitrogen and oxygen atoms in total. The zero-order valence-electron chi connectivity index (χ0n) is 17.8. The summed E-state index contributed by atoms with van der Waals surface area (Å²) in [4.78, 5) is 15.0. The summed E-state index contributed by atoms with van der Waals surface area (Å²) in [6.07, 6.45) is 3.63. The van der Waals surface area contributed by atoms with Gasteiger partial charge in [0, 0.05) is 24.8 Å². The van der Waals surface area contributed by atoms with E-state index in [-0.39, 0.29) is 23.5 Å². The lowest BCUT2D eigenvalue weighted by Crippen LogP contribution is -2.50. The molecule has 1 aromatic rings. The highest BCUT2D eigenvalue weighted by atomic mass is 16.5. The standard InChI is InChI=1S/C23H35N3O2/c1-16(17-5-7-19(8-6-17)26-11-13-28-14-12-26)24-21(27)25-20-15-18-9-10-23(20,4)22(18,2)3/h5-8,16,18,20H,9-15H2,1-4H3,(H2,24,25,27)/t16-,18-,20+,23-/m1/s1. The van der Waals surface area contributed by atoms with Crippen LogP contribution in [0, 0.1) is 16.7 Å². The van der Waals surface area contributed by atoms with Gasteiger partial charge < -0.3 is 20.3 Å². The maximum absolute atomic E-state index is 12.7. The van der Waals surface area contributed by atoms with Crippen LogP contribution in [0.1, 0.15) is 58.6 Å². The molecule has 1 saturated heterocycles. The molecule has 5 heteroatoms. The lowest BCUT2D eigenvalue weighted by molar-refractivity contribution is 0.122. The lowest BCUT2D eigenvalue weighted by Gasteiger charge is -2.39. The summed E-state index contributed by atoms with van der Waals surface area (Å²) in [7, 11) is 0. The van der Waals surface area contributed by atoms with Crippen LogP contribution in [0.15, 0.2) is 24.3 Å². The third-order valence-electron chi connectivity index (χ3n) is 8.22. The molecule has 1 aliphatic heterocycles. The first kappa shape index (κ1) is 19.6. The molecule has 28 heavy (non-hydrogen) atoms. The number of amides is 2. The maximum Gasteiger partial charge on any atom is 0.315 e. The Kier molecular flexibility index (Phi) is 5.07. The number of carbonyl (C=O) groups is 1. The minimum Gasteiger partial charge on any atom is -0.378 e. The number of urea groups is 1. The third kappa shape index (κ3) is 3.28. The number of benzene rings is 1. The normalized spacial score (nSPS) is 32.2. The van der Waals surface area contributed by atoms with Crippen LogP contribution in [0.2, 0.25) is 0 Å². The Morgan fingerprint density at radius 3 is 2.43 bits per heavy atom. The van der Waals surface area contributed by atoms with Gasteiger partial charge in [0.05, 0.1) is 19.3 Å². The van der Waals surface area contributed by atoms with E-state index < -0.39 is 0 Å². The topological polar surface area (TPSA) is 53.6 Å². The number of hydrogen-bond donors (Lipinski definition) is 2. The number of hydrogen-bond acceptors (Lipinski definition) is 3. The molecule has 0 aromatic heterocycles. The van der Waals surface area contributed by atoms with E-state index in [9.17, 15) is 4.79 Å². The average molecular weight is 386 g/mol. The first-order valence-electron chi connectivity index (χ1n) is 10.8. The van der Waals surface area contributed by atoms with Crippen molar-refractivity contribution in [2.24, 2.45) is 16.7 Å². The van der Waals surface area contributed by atoms with Crippen molar-refractivity contribution in [1.29, 1.82) is 0 Å². The molecule has 4 rings (SSSR count). The summed E-state index contributed by atoms with van der Waals surface area (Å²) in [6.45, 7) is 12.6. The number of nitrogens with one attached hydrogen (secondary N) is 2. The average Bonchev–Trinajstić information content (AvgIpc) is 3.02. The molecule has 2 aliphatic carbocycles. The number of anilines is 1. The Hall–Kier alpha value is -1.75. The fourth-order valence-corrected chi connectivity index (χ4v) is 5.70. The van der Waals surface area contributed by atoms with Gasteiger partial charge in [-0.1, -0.05) is 32.9 Å². The van der Waals surface area contributed by atoms with Crippen molar-refractivity contribution < 1.29 is 9.53 Å². The van der Waals surface area contributed by atoms with Crippen molar-refractivity contribution in [2.45, 2.75) is 59.0 Å². The largest absolute Gasteiger partial charge is 0.378 e. The smallest absolute Gasteiger partial charge is 0.315 e. The van der Waals surface area contributed by atoms with Gasteiger partial charge >= 0.3 is 6.03 Å². The van der Waals surface area contributed by atoms with Crippen LogP contribution in [0.5, 0.6) is 0 Å². The van der Waals surface area contributed by atoms with Crippen molar-refractivity contribution in [3.8, 4) is 0 Å². The van der Waals surface area contributed by atoms with E-state index in [2.05, 4.69) is 67.5 Å². The molecule has 2 saturated carbocycles. The second-order valence-corrected chi connectivity index (χ2v) is 9.69. The SMILES string of the molecule is C[C@@H](NC(=O)N[C@H]1C[C@H]2CC[C@@]1(C)C2(C)C)c1ccc(N2CCOCC2)cc1. The number of fused-ring (bicyclic) bond motifs is 2. The predicted octanol–water partition coefficient (Wildman–Crippen LogP) is 4.10. The Bertz CT molecular complexity index is 711. The molecular weight excluding hydrogens is 350 g/mol. The monoisotopic (exact) mass is 385 g/mol. The quantitative estimate of drug-likeness (QED) is 0.820. The van der Waals surface area contributed by atoms with Gasteiger partial charge in [0.25, 0.3) is 0 Å². The van der Waals surface area contributed by atoms with Crippen LogP contribution in [-0.4, -0.2) is 38.4 Å². The van der Waals surface area contributed by atoms with E-state index >= 15 is 0 Å². The van der Waals surface area contributed by atoms with Gasteiger partial charge in [-0.15, -0.1) is 0 Å². The van der Waals surface area contributed by atoms with Crippen LogP contribution >= 0.6 is 0 Å². The van der Waals surface area contributed by atoms with Crippen molar-refractivity contribution >= 4 is 11.7 Å². The predicted molar refractivity (Wildman–Crippen MR) is 113 cm³/mol. The minimum atomic E-state index is -0.0423. The number of carbonyl (C=O) groups excluding carboxylic acids is 1. The van der Waals surface area contributed by atoms with Gasteiger partial charge in [0.1, 0.15) is 0 Å². The molecule has 0 radical (unpaired) electrons. The summed E-state index contributed by atoms with van der Waals surface area (Å²) < 4.78 is 5.42. The van der Waals surface area contributed by atoms with E-state index in [1.807, 2.05) is 0 Å². The molecule has 1 heterocycles. The molecule has 4 atom stereocenters. The molecule has 0 spiro atoms. The molecule has 0 unspecified atom stereocenters. The summed E-state index contributed by atoms with van der Waals surface area (Å²) >= 11 is 0. The van der Waals surface area contributed by atoms with Gasteiger partial charge in [0.2, 0.25) is 0 Å². The Morgan fingerprint density at radius 2 is 1.86 bits per heavy atom. The first-order valence-corrected chi connectivity index (χ1v) is 10.8. The molecule has 2 bridgehead atoms. The molecule has 3 aliphatic rings. The summed E-state index contributed by atoms with van der Waals surface area (Å²) in [5.74, 6) is 0.730. The molecule has 154 valence electrons. The third-order valence-corrected chi connectivity index (χ3v) is 8.22. The fourth-order valence-electron chi connectivity index (χ4n) is 5.70. The van der Waals surface area contributed by atoms with Crippen LogP contribution in [0.4, 0.5) is 10.5 Å². The molecule has 1 aromatic carbocycles. The highest BCUT2D eigenvalue weighted by Gasteiger charge is 2.61. The highest BCUT2D eigenvalue weighted by molar-refractivity contribution is 5.75. The van der Waals surface area contributed by atoms with Crippen molar-refractivity contribution in [2.75, 3.05) is 31.2 Å². The number of rotatable bonds is 4. The Morgan fingerprint density at radius 1 is 1.18 bits per heavy atom. The van der Waals surface area contributed by atoms with Crippen LogP contribution in [0.25, 0.3) is 0 Å². The Balaban J connectivity index is 1.33. The van der Waals surface area contributed by atoms with Crippen LogP contribution in [-0.2, 0) is 4.74 Å². The number of morpholine rings is 1. The van der Waals surface area contributed by atoms with E-state index in [1.165, 1.54) is 18.5 Å². The minimum absolute atomic E-state index is 0.0156. The van der Waals surface area contributed by atoms with E-state index in [4.69, 9.17) is 4.74 Å². The van der Waals surface area contributed by atoms with E-state index in [1.54, 1.807) is 0 Å². The van der Waals surface area contributed by atoms with Crippen LogP contribution < -0.4 is 15.5 Å². The number of nitrogens with zero attached hydrogens (tertiary/aromatic N) is 1. The fraction of sp³-hybridized carbons (Fsp3) is 0.696. The number of ether oxygens (including phenoxy) is 1. The zero-order valence-corrected chi connectivity index (χ0v) is 17.8. The molecular formula is C23H35N3O2.